The molecule has 1 amide bonds. The van der Waals surface area contributed by atoms with Gasteiger partial charge >= 0.3 is 0 Å². The van der Waals surface area contributed by atoms with Gasteiger partial charge in [0.1, 0.15) is 4.34 Å². The highest BCUT2D eigenvalue weighted by Gasteiger charge is 2.14. The summed E-state index contributed by atoms with van der Waals surface area (Å²) in [5, 5.41) is 3.12. The third kappa shape index (κ3) is 3.06. The van der Waals surface area contributed by atoms with Crippen molar-refractivity contribution in [3.63, 3.8) is 0 Å². The Morgan fingerprint density at radius 1 is 1.40 bits per heavy atom. The van der Waals surface area contributed by atoms with Crippen LogP contribution in [0.3, 0.4) is 0 Å². The summed E-state index contributed by atoms with van der Waals surface area (Å²) in [6.07, 6.45) is 1.63. The van der Waals surface area contributed by atoms with Crippen molar-refractivity contribution in [3.05, 3.63) is 48.5 Å². The second kappa shape index (κ2) is 5.99. The maximum absolute atomic E-state index is 12.1. The monoisotopic (exact) mass is 330 g/mol. The van der Waals surface area contributed by atoms with Crippen LogP contribution in [0.4, 0.5) is 5.69 Å². The Balaban J connectivity index is 2.30. The third-order valence-corrected chi connectivity index (χ3v) is 4.65. The predicted molar refractivity (Wildman–Crippen MR) is 83.4 cm³/mol. The molecule has 0 aliphatic carbocycles. The number of amides is 1. The van der Waals surface area contributed by atoms with Gasteiger partial charge in [0.25, 0.3) is 11.5 Å². The minimum Gasteiger partial charge on any atom is -0.320 e. The van der Waals surface area contributed by atoms with E-state index >= 15 is 0 Å². The van der Waals surface area contributed by atoms with Crippen LogP contribution < -0.4 is 10.9 Å². The lowest BCUT2D eigenvalue weighted by Crippen LogP contribution is -2.21. The molecule has 0 unspecified atom stereocenters. The molecule has 0 radical (unpaired) electrons. The molecule has 0 saturated heterocycles. The van der Waals surface area contributed by atoms with Gasteiger partial charge in [-0.2, -0.15) is 0 Å². The standard InChI is InChI=1S/C13H12Cl2N2O2S/c1-3-17-6-9(7(2)4-11(17)18)16-13(19)10-5-8(14)12(15)20-10/h4-6H,3H2,1-2H3,(H,16,19). The average molecular weight is 331 g/mol. The molecule has 0 saturated carbocycles. The summed E-state index contributed by atoms with van der Waals surface area (Å²) in [6.45, 7) is 4.17. The first-order chi connectivity index (χ1) is 9.42. The van der Waals surface area contributed by atoms with Crippen molar-refractivity contribution in [3.8, 4) is 0 Å². The number of aromatic nitrogens is 1. The van der Waals surface area contributed by atoms with Crippen LogP contribution in [0.5, 0.6) is 0 Å². The number of anilines is 1. The topological polar surface area (TPSA) is 51.1 Å². The van der Waals surface area contributed by atoms with Crippen LogP contribution in [0.15, 0.2) is 23.1 Å². The van der Waals surface area contributed by atoms with Crippen molar-refractivity contribution in [2.45, 2.75) is 20.4 Å². The van der Waals surface area contributed by atoms with Gasteiger partial charge in [0.05, 0.1) is 15.6 Å². The van der Waals surface area contributed by atoms with E-state index in [0.29, 0.717) is 32.0 Å². The number of carbonyl (C=O) groups is 1. The van der Waals surface area contributed by atoms with Crippen molar-refractivity contribution >= 4 is 46.1 Å². The SMILES string of the molecule is CCn1cc(NC(=O)c2cc(Cl)c(Cl)s2)c(C)cc1=O. The first-order valence-electron chi connectivity index (χ1n) is 5.89. The Bertz CT molecular complexity index is 702. The highest BCUT2D eigenvalue weighted by atomic mass is 35.5. The van der Waals surface area contributed by atoms with Crippen LogP contribution >= 0.6 is 34.5 Å². The predicted octanol–water partition coefficient (Wildman–Crippen LogP) is 3.80. The molecule has 20 heavy (non-hydrogen) atoms. The van der Waals surface area contributed by atoms with E-state index in [0.717, 1.165) is 11.3 Å². The molecule has 7 heteroatoms. The number of rotatable bonds is 3. The molecule has 2 heterocycles. The normalized spacial score (nSPS) is 10.6. The van der Waals surface area contributed by atoms with E-state index in [9.17, 15) is 9.59 Å². The molecule has 0 bridgehead atoms. The van der Waals surface area contributed by atoms with Crippen molar-refractivity contribution in [1.82, 2.24) is 4.57 Å². The number of carbonyl (C=O) groups excluding carboxylic acids is 1. The molecule has 1 N–H and O–H groups in total. The fraction of sp³-hybridized carbons (Fsp3) is 0.231. The fourth-order valence-corrected chi connectivity index (χ4v) is 2.95. The number of halogens is 2. The van der Waals surface area contributed by atoms with Crippen LogP contribution in [0, 0.1) is 6.92 Å². The summed E-state index contributed by atoms with van der Waals surface area (Å²) in [7, 11) is 0. The number of pyridine rings is 1. The number of thiophene rings is 1. The van der Waals surface area contributed by atoms with E-state index in [4.69, 9.17) is 23.2 Å². The van der Waals surface area contributed by atoms with Gasteiger partial charge in [0, 0.05) is 18.8 Å². The summed E-state index contributed by atoms with van der Waals surface area (Å²) in [5.41, 5.74) is 1.21. The molecule has 2 rings (SSSR count). The number of hydrogen-bond acceptors (Lipinski definition) is 3. The van der Waals surface area contributed by atoms with E-state index in [1.807, 2.05) is 6.92 Å². The van der Waals surface area contributed by atoms with E-state index in [1.54, 1.807) is 13.1 Å². The molecule has 0 fully saturated rings. The van der Waals surface area contributed by atoms with Gasteiger partial charge < -0.3 is 9.88 Å². The summed E-state index contributed by atoms with van der Waals surface area (Å²) >= 11 is 12.8. The van der Waals surface area contributed by atoms with Crippen LogP contribution in [0.25, 0.3) is 0 Å². The van der Waals surface area contributed by atoms with Gasteiger partial charge in [0.2, 0.25) is 0 Å². The fourth-order valence-electron chi connectivity index (χ4n) is 1.69. The summed E-state index contributed by atoms with van der Waals surface area (Å²) in [6, 6.07) is 3.02. The molecule has 0 aromatic carbocycles. The number of nitrogens with one attached hydrogen (secondary N) is 1. The smallest absolute Gasteiger partial charge is 0.265 e. The van der Waals surface area contributed by atoms with E-state index in [1.165, 1.54) is 16.7 Å². The Morgan fingerprint density at radius 2 is 2.10 bits per heavy atom. The van der Waals surface area contributed by atoms with Gasteiger partial charge in [-0.15, -0.1) is 11.3 Å². The maximum Gasteiger partial charge on any atom is 0.265 e. The molecule has 2 aromatic rings. The molecule has 0 atom stereocenters. The first kappa shape index (κ1) is 15.1. The van der Waals surface area contributed by atoms with Gasteiger partial charge in [0.15, 0.2) is 0 Å². The van der Waals surface area contributed by atoms with Crippen LogP contribution in [0.2, 0.25) is 9.36 Å². The van der Waals surface area contributed by atoms with Gasteiger partial charge in [-0.1, -0.05) is 23.2 Å². The van der Waals surface area contributed by atoms with E-state index in [2.05, 4.69) is 5.32 Å². The zero-order valence-electron chi connectivity index (χ0n) is 10.9. The molecule has 4 nitrogen and oxygen atoms in total. The van der Waals surface area contributed by atoms with Gasteiger partial charge in [-0.3, -0.25) is 9.59 Å². The summed E-state index contributed by atoms with van der Waals surface area (Å²) in [4.78, 5) is 24.2. The highest BCUT2D eigenvalue weighted by molar-refractivity contribution is 7.18. The largest absolute Gasteiger partial charge is 0.320 e. The number of nitrogens with zero attached hydrogens (tertiary/aromatic N) is 1. The van der Waals surface area contributed by atoms with Crippen LogP contribution in [-0.4, -0.2) is 10.5 Å². The summed E-state index contributed by atoms with van der Waals surface area (Å²) < 4.78 is 1.91. The second-order valence-corrected chi connectivity index (χ2v) is 6.24. The molecule has 2 aromatic heterocycles. The molecule has 0 aliphatic rings. The molecule has 106 valence electrons. The third-order valence-electron chi connectivity index (χ3n) is 2.79. The van der Waals surface area contributed by atoms with Crippen molar-refractivity contribution in [2.75, 3.05) is 5.32 Å². The quantitative estimate of drug-likeness (QED) is 0.930. The van der Waals surface area contributed by atoms with E-state index < -0.39 is 0 Å². The van der Waals surface area contributed by atoms with Gasteiger partial charge in [-0.25, -0.2) is 0 Å². The first-order valence-corrected chi connectivity index (χ1v) is 7.47. The van der Waals surface area contributed by atoms with E-state index in [-0.39, 0.29) is 11.5 Å². The lowest BCUT2D eigenvalue weighted by molar-refractivity contribution is 0.103. The Labute approximate surface area is 129 Å². The van der Waals surface area contributed by atoms with Crippen LogP contribution in [-0.2, 0) is 6.54 Å². The molecule has 0 aliphatic heterocycles. The van der Waals surface area contributed by atoms with Crippen molar-refractivity contribution in [2.24, 2.45) is 0 Å². The van der Waals surface area contributed by atoms with Crippen molar-refractivity contribution < 1.29 is 4.79 Å². The molecular formula is C13H12Cl2N2O2S. The van der Waals surface area contributed by atoms with Gasteiger partial charge in [-0.05, 0) is 25.5 Å². The number of aryl methyl sites for hydroxylation is 2. The molecular weight excluding hydrogens is 319 g/mol. The minimum atomic E-state index is -0.298. The summed E-state index contributed by atoms with van der Waals surface area (Å²) in [5.74, 6) is -0.298. The van der Waals surface area contributed by atoms with Crippen molar-refractivity contribution in [1.29, 1.82) is 0 Å². The average Bonchev–Trinajstić information content (AvgIpc) is 2.73. The van der Waals surface area contributed by atoms with Crippen LogP contribution in [0.1, 0.15) is 22.2 Å². The second-order valence-electron chi connectivity index (χ2n) is 4.18. The zero-order chi connectivity index (χ0) is 14.9. The zero-order valence-corrected chi connectivity index (χ0v) is 13.2. The Hall–Kier alpha value is -1.30. The number of hydrogen-bond donors (Lipinski definition) is 1. The Kier molecular flexibility index (Phi) is 4.52. The molecule has 0 spiro atoms. The lowest BCUT2D eigenvalue weighted by atomic mass is 10.2. The highest BCUT2D eigenvalue weighted by Crippen LogP contribution is 2.32. The minimum absolute atomic E-state index is 0.0924. The lowest BCUT2D eigenvalue weighted by Gasteiger charge is -2.10. The maximum atomic E-state index is 12.1. The Morgan fingerprint density at radius 3 is 2.65 bits per heavy atom.